The molecule has 4 rings (SSSR count). The van der Waals surface area contributed by atoms with Gasteiger partial charge in [-0.05, 0) is 0 Å². The summed E-state index contributed by atoms with van der Waals surface area (Å²) in [6.07, 6.45) is 5.89. The molecule has 1 aliphatic carbocycles. The van der Waals surface area contributed by atoms with Crippen molar-refractivity contribution in [2.24, 2.45) is 0 Å². The van der Waals surface area contributed by atoms with E-state index in [0.717, 1.165) is 6.42 Å². The summed E-state index contributed by atoms with van der Waals surface area (Å²) in [4.78, 5) is 0. The Bertz CT molecular complexity index is 851. The average molecular weight is 400 g/mol. The number of allylic oxidation sites excluding steroid dienone is 4. The molecule has 0 bridgehead atoms. The topological polar surface area (TPSA) is 0 Å². The Morgan fingerprint density at radius 1 is 0.607 bits per heavy atom. The fourth-order valence-electron chi connectivity index (χ4n) is 4.72. The molecular formula is C27H28Ti. The molecule has 0 heterocycles. The van der Waals surface area contributed by atoms with Crippen LogP contribution >= 0.6 is 0 Å². The molecule has 0 fully saturated rings. The SMILES string of the molecule is CC1=[C]([Ti]([CH2]c2ccccc2)([CH2]c2ccccc2)[CH2]c2ccccc2)CC=C1. The van der Waals surface area contributed by atoms with Gasteiger partial charge in [0.25, 0.3) is 0 Å². The second kappa shape index (κ2) is 8.90. The number of rotatable bonds is 7. The molecule has 28 heavy (non-hydrogen) atoms. The van der Waals surface area contributed by atoms with E-state index in [-0.39, 0.29) is 0 Å². The normalized spacial score (nSPS) is 13.9. The van der Waals surface area contributed by atoms with E-state index in [1.54, 1.807) is 3.88 Å². The summed E-state index contributed by atoms with van der Waals surface area (Å²) in [6.45, 7) is 2.33. The average Bonchev–Trinajstić information content (AvgIpc) is 3.17. The van der Waals surface area contributed by atoms with Crippen LogP contribution in [0.1, 0.15) is 30.0 Å². The van der Waals surface area contributed by atoms with E-state index in [0.29, 0.717) is 0 Å². The molecule has 0 N–H and O–H groups in total. The summed E-state index contributed by atoms with van der Waals surface area (Å²) in [5.74, 6) is 0. The molecule has 0 spiro atoms. The van der Waals surface area contributed by atoms with Crippen LogP contribution in [0.4, 0.5) is 0 Å². The fourth-order valence-corrected chi connectivity index (χ4v) is 13.4. The summed E-state index contributed by atoms with van der Waals surface area (Å²) in [6, 6.07) is 33.5. The third-order valence-corrected chi connectivity index (χ3v) is 14.0. The van der Waals surface area contributed by atoms with Crippen LogP contribution in [0.5, 0.6) is 0 Å². The van der Waals surface area contributed by atoms with Crippen molar-refractivity contribution in [2.45, 2.75) is 27.5 Å². The van der Waals surface area contributed by atoms with Crippen molar-refractivity contribution in [2.75, 3.05) is 0 Å². The quantitative estimate of drug-likeness (QED) is 0.376. The van der Waals surface area contributed by atoms with Gasteiger partial charge in [0, 0.05) is 0 Å². The van der Waals surface area contributed by atoms with Gasteiger partial charge in [0.2, 0.25) is 0 Å². The van der Waals surface area contributed by atoms with Gasteiger partial charge in [0.05, 0.1) is 0 Å². The van der Waals surface area contributed by atoms with Gasteiger partial charge in [-0.25, -0.2) is 0 Å². The molecule has 1 aliphatic rings. The van der Waals surface area contributed by atoms with E-state index in [9.17, 15) is 0 Å². The Kier molecular flexibility index (Phi) is 6.10. The zero-order valence-corrected chi connectivity index (χ0v) is 18.2. The minimum atomic E-state index is -2.50. The summed E-state index contributed by atoms with van der Waals surface area (Å²) >= 11 is -2.50. The molecular weight excluding hydrogens is 372 g/mol. The molecule has 0 nitrogen and oxygen atoms in total. The first-order valence-corrected chi connectivity index (χ1v) is 14.3. The molecule has 0 atom stereocenters. The van der Waals surface area contributed by atoms with Crippen LogP contribution in [0.3, 0.4) is 0 Å². The van der Waals surface area contributed by atoms with Gasteiger partial charge in [-0.1, -0.05) is 0 Å². The van der Waals surface area contributed by atoms with Crippen LogP contribution in [0.2, 0.25) is 0 Å². The van der Waals surface area contributed by atoms with E-state index in [1.807, 2.05) is 0 Å². The van der Waals surface area contributed by atoms with E-state index in [1.165, 1.54) is 36.4 Å². The van der Waals surface area contributed by atoms with Gasteiger partial charge in [-0.3, -0.25) is 0 Å². The first-order chi connectivity index (χ1) is 13.8. The van der Waals surface area contributed by atoms with Crippen molar-refractivity contribution in [3.8, 4) is 0 Å². The van der Waals surface area contributed by atoms with Crippen LogP contribution in [-0.2, 0) is 30.8 Å². The summed E-state index contributed by atoms with van der Waals surface area (Å²) in [5, 5.41) is 0. The van der Waals surface area contributed by atoms with Gasteiger partial charge in [0.1, 0.15) is 0 Å². The molecule has 0 radical (unpaired) electrons. The zero-order chi connectivity index (χ0) is 19.2. The van der Waals surface area contributed by atoms with E-state index >= 15 is 0 Å². The maximum atomic E-state index is 2.38. The third kappa shape index (κ3) is 4.46. The van der Waals surface area contributed by atoms with Gasteiger partial charge < -0.3 is 0 Å². The predicted molar refractivity (Wildman–Crippen MR) is 117 cm³/mol. The summed E-state index contributed by atoms with van der Waals surface area (Å²) in [7, 11) is 0. The standard InChI is InChI=1S/3C7H7.C6H7.Ti/c3*1-7-5-3-2-4-6-7;1-6-4-2-3-5-6;/h3*2-6H,1H2;2,4H,3H2,1H3;. The molecule has 0 amide bonds. The molecule has 0 saturated carbocycles. The Hall–Kier alpha value is -2.15. The van der Waals surface area contributed by atoms with Crippen LogP contribution in [0.25, 0.3) is 0 Å². The van der Waals surface area contributed by atoms with Gasteiger partial charge in [-0.2, -0.15) is 0 Å². The third-order valence-electron chi connectivity index (χ3n) is 5.96. The van der Waals surface area contributed by atoms with Gasteiger partial charge in [-0.15, -0.1) is 0 Å². The molecule has 3 aromatic rings. The number of hydrogen-bond acceptors (Lipinski definition) is 0. The van der Waals surface area contributed by atoms with Crippen LogP contribution in [-0.4, -0.2) is 0 Å². The van der Waals surface area contributed by atoms with E-state index < -0.39 is 16.6 Å². The van der Waals surface area contributed by atoms with Crippen molar-refractivity contribution >= 4 is 0 Å². The summed E-state index contributed by atoms with van der Waals surface area (Å²) < 4.78 is 5.54. The number of benzene rings is 3. The predicted octanol–water partition coefficient (Wildman–Crippen LogP) is 6.97. The van der Waals surface area contributed by atoms with Crippen molar-refractivity contribution in [1.82, 2.24) is 0 Å². The minimum absolute atomic E-state index is 1.15. The van der Waals surface area contributed by atoms with Gasteiger partial charge >= 0.3 is 173 Å². The Morgan fingerprint density at radius 3 is 1.32 bits per heavy atom. The van der Waals surface area contributed by atoms with Crippen molar-refractivity contribution in [1.29, 1.82) is 0 Å². The van der Waals surface area contributed by atoms with Crippen LogP contribution in [0, 0.1) is 0 Å². The monoisotopic (exact) mass is 400 g/mol. The fraction of sp³-hybridized carbons (Fsp3) is 0.185. The van der Waals surface area contributed by atoms with Crippen LogP contribution in [0.15, 0.2) is 113 Å². The molecule has 0 aromatic heterocycles. The first-order valence-electron chi connectivity index (χ1n) is 10.2. The van der Waals surface area contributed by atoms with Gasteiger partial charge in [0.15, 0.2) is 0 Å². The maximum absolute atomic E-state index is 2.50. The van der Waals surface area contributed by atoms with E-state index in [4.69, 9.17) is 0 Å². The molecule has 3 aromatic carbocycles. The Morgan fingerprint density at radius 2 is 1.00 bits per heavy atom. The first kappa shape index (κ1) is 19.2. The summed E-state index contributed by atoms with van der Waals surface area (Å²) in [5.41, 5.74) is 6.03. The molecule has 0 aliphatic heterocycles. The van der Waals surface area contributed by atoms with Crippen molar-refractivity contribution in [3.05, 3.63) is 129 Å². The second-order valence-corrected chi connectivity index (χ2v) is 14.6. The molecule has 0 unspecified atom stereocenters. The van der Waals surface area contributed by atoms with Crippen LogP contribution < -0.4 is 0 Å². The van der Waals surface area contributed by atoms with E-state index in [2.05, 4.69) is 110 Å². The second-order valence-electron chi connectivity index (χ2n) is 8.04. The Balaban J connectivity index is 1.81. The Labute approximate surface area is 173 Å². The molecule has 0 saturated heterocycles. The van der Waals surface area contributed by atoms with Crippen molar-refractivity contribution < 1.29 is 16.6 Å². The molecule has 1 heteroatoms. The zero-order valence-electron chi connectivity index (χ0n) is 16.6. The van der Waals surface area contributed by atoms with Crippen molar-refractivity contribution in [3.63, 3.8) is 0 Å². The number of hydrogen-bond donors (Lipinski definition) is 0. The molecule has 140 valence electrons.